The van der Waals surface area contributed by atoms with Crippen LogP contribution in [0.1, 0.15) is 31.7 Å². The van der Waals surface area contributed by atoms with Crippen LogP contribution in [0.15, 0.2) is 36.4 Å². The molecule has 13 heteroatoms. The first-order valence-corrected chi connectivity index (χ1v) is 14.5. The van der Waals surface area contributed by atoms with E-state index in [1.807, 2.05) is 24.3 Å². The minimum atomic E-state index is -5.24. The number of fused-ring (bicyclic) bond motifs is 1. The second-order valence-electron chi connectivity index (χ2n) is 9.16. The van der Waals surface area contributed by atoms with Crippen molar-refractivity contribution in [2.75, 3.05) is 49.1 Å². The van der Waals surface area contributed by atoms with Crippen LogP contribution in [0.4, 0.5) is 11.4 Å². The van der Waals surface area contributed by atoms with E-state index in [1.165, 1.54) is 11.8 Å². The number of halogens is 2. The molecule has 4 rings (SSSR count). The van der Waals surface area contributed by atoms with Crippen molar-refractivity contribution in [3.8, 4) is 5.75 Å². The molecule has 0 radical (unpaired) electrons. The number of rotatable bonds is 10. The summed E-state index contributed by atoms with van der Waals surface area (Å²) in [5.41, 5.74) is 2.35. The third-order valence-corrected chi connectivity index (χ3v) is 7.99. The van der Waals surface area contributed by atoms with Crippen LogP contribution in [-0.2, 0) is 20.3 Å². The first kappa shape index (κ1) is 31.9. The predicted octanol–water partition coefficient (Wildman–Crippen LogP) is 3.06. The van der Waals surface area contributed by atoms with Gasteiger partial charge in [0.15, 0.2) is 0 Å². The molecule has 1 amide bonds. The predicted molar refractivity (Wildman–Crippen MR) is 146 cm³/mol. The summed E-state index contributed by atoms with van der Waals surface area (Å²) in [7, 11) is -5.24. The van der Waals surface area contributed by atoms with Crippen molar-refractivity contribution in [3.63, 3.8) is 0 Å². The quantitative estimate of drug-likeness (QED) is 0.230. The molecule has 2 aromatic carbocycles. The second kappa shape index (κ2) is 14.4. The number of amides is 1. The molecule has 0 aromatic heterocycles. The Bertz CT molecular complexity index is 1160. The van der Waals surface area contributed by atoms with Gasteiger partial charge >= 0.3 is 37.7 Å². The number of aryl methyl sites for hydroxylation is 1. The summed E-state index contributed by atoms with van der Waals surface area (Å²) in [6, 6.07) is 11.1. The number of unbranched alkanes of at least 4 members (excludes halogenated alkanes) is 1. The average molecular weight is 610 g/mol. The van der Waals surface area contributed by atoms with Crippen LogP contribution in [0.25, 0.3) is 0 Å². The zero-order valence-corrected chi connectivity index (χ0v) is 25.9. The van der Waals surface area contributed by atoms with Gasteiger partial charge in [0, 0.05) is 38.7 Å². The van der Waals surface area contributed by atoms with Gasteiger partial charge in [-0.05, 0) is 56.5 Å². The molecular weight excluding hydrogens is 580 g/mol. The number of anilines is 2. The molecule has 0 N–H and O–H groups in total. The molecule has 0 aliphatic carbocycles. The number of carbonyl (C=O) groups is 1. The zero-order chi connectivity index (χ0) is 26.6. The standard InChI is InChI=1S/C25H32Cl2N3O6P.Ca/c1-18(36-37(32,33)34)30-23-17-20(9-7-19(23)8-10-24(30)31)35-16-3-2-11-28-12-14-29(15-13-28)22-6-4-5-21(26)25(22)27;/h4-7,9,17-18H,2-3,8,10-16H2,1H3,(H2,32,33,34);/q;+2/p-2. The number of ether oxygens (including phenoxy) is 1. The van der Waals surface area contributed by atoms with Crippen molar-refractivity contribution >= 4 is 86.0 Å². The van der Waals surface area contributed by atoms with E-state index < -0.39 is 14.1 Å². The number of benzene rings is 2. The van der Waals surface area contributed by atoms with E-state index in [4.69, 9.17) is 27.9 Å². The van der Waals surface area contributed by atoms with Gasteiger partial charge < -0.3 is 28.5 Å². The zero-order valence-electron chi connectivity index (χ0n) is 21.3. The molecule has 9 nitrogen and oxygen atoms in total. The Labute approximate surface area is 263 Å². The summed E-state index contributed by atoms with van der Waals surface area (Å²) in [6.07, 6.45) is 1.35. The van der Waals surface area contributed by atoms with Gasteiger partial charge in [-0.1, -0.05) is 35.3 Å². The van der Waals surface area contributed by atoms with Gasteiger partial charge in [-0.3, -0.25) is 14.6 Å². The molecular formula is C25H30CaCl2N3O6P. The summed E-state index contributed by atoms with van der Waals surface area (Å²) in [6.45, 7) is 6.50. The van der Waals surface area contributed by atoms with E-state index >= 15 is 0 Å². The van der Waals surface area contributed by atoms with Crippen molar-refractivity contribution in [3.05, 3.63) is 52.0 Å². The van der Waals surface area contributed by atoms with E-state index in [1.54, 1.807) is 12.1 Å². The summed E-state index contributed by atoms with van der Waals surface area (Å²) >= 11 is 12.5. The molecule has 1 saturated heterocycles. The fourth-order valence-corrected chi connectivity index (χ4v) is 5.66. The summed E-state index contributed by atoms with van der Waals surface area (Å²) in [4.78, 5) is 40.5. The van der Waals surface area contributed by atoms with E-state index in [0.29, 0.717) is 34.5 Å². The molecule has 0 spiro atoms. The van der Waals surface area contributed by atoms with E-state index in [2.05, 4.69) is 14.3 Å². The third-order valence-electron chi connectivity index (χ3n) is 6.62. The molecule has 2 aliphatic heterocycles. The Morgan fingerprint density at radius 2 is 1.76 bits per heavy atom. The summed E-state index contributed by atoms with van der Waals surface area (Å²) in [5.74, 6) is 0.272. The molecule has 2 aliphatic rings. The number of nitrogens with zero attached hydrogens (tertiary/aromatic N) is 3. The smallest absolute Gasteiger partial charge is 0.790 e. The molecule has 202 valence electrons. The van der Waals surface area contributed by atoms with Crippen LogP contribution >= 0.6 is 31.0 Å². The molecule has 1 unspecified atom stereocenters. The molecule has 1 fully saturated rings. The van der Waals surface area contributed by atoms with E-state index in [-0.39, 0.29) is 50.1 Å². The van der Waals surface area contributed by atoms with Gasteiger partial charge in [-0.2, -0.15) is 0 Å². The van der Waals surface area contributed by atoms with E-state index in [0.717, 1.165) is 56.8 Å². The van der Waals surface area contributed by atoms with Gasteiger partial charge in [0.2, 0.25) is 5.91 Å². The molecule has 0 saturated carbocycles. The Morgan fingerprint density at radius 1 is 1.03 bits per heavy atom. The number of carbonyl (C=O) groups excluding carboxylic acids is 1. The molecule has 1 atom stereocenters. The average Bonchev–Trinajstić information content (AvgIpc) is 2.84. The van der Waals surface area contributed by atoms with Crippen LogP contribution < -0.4 is 24.3 Å². The van der Waals surface area contributed by atoms with Gasteiger partial charge in [0.1, 0.15) is 12.0 Å². The number of phosphoric acid groups is 1. The number of hydrogen-bond acceptors (Lipinski definition) is 8. The Morgan fingerprint density at radius 3 is 2.47 bits per heavy atom. The van der Waals surface area contributed by atoms with Crippen LogP contribution in [-0.4, -0.2) is 94.1 Å². The van der Waals surface area contributed by atoms with Crippen molar-refractivity contribution in [1.29, 1.82) is 0 Å². The number of hydrogen-bond donors (Lipinski definition) is 0. The first-order valence-electron chi connectivity index (χ1n) is 12.3. The van der Waals surface area contributed by atoms with Crippen LogP contribution in [0, 0.1) is 0 Å². The maximum atomic E-state index is 12.5. The summed E-state index contributed by atoms with van der Waals surface area (Å²) < 4.78 is 21.5. The van der Waals surface area contributed by atoms with Crippen LogP contribution in [0.5, 0.6) is 5.75 Å². The van der Waals surface area contributed by atoms with Gasteiger partial charge in [0.25, 0.3) is 0 Å². The van der Waals surface area contributed by atoms with Crippen molar-refractivity contribution in [2.24, 2.45) is 0 Å². The van der Waals surface area contributed by atoms with E-state index in [9.17, 15) is 19.1 Å². The Hall–Kier alpha value is -0.580. The minimum Gasteiger partial charge on any atom is -0.790 e. The Balaban J connectivity index is 0.00000400. The summed E-state index contributed by atoms with van der Waals surface area (Å²) in [5, 5.41) is 1.17. The van der Waals surface area contributed by atoms with Crippen LogP contribution in [0.3, 0.4) is 0 Å². The largest absolute Gasteiger partial charge is 2.00 e. The first-order chi connectivity index (χ1) is 17.6. The van der Waals surface area contributed by atoms with Crippen LogP contribution in [0.2, 0.25) is 10.0 Å². The van der Waals surface area contributed by atoms with Gasteiger partial charge in [-0.15, -0.1) is 0 Å². The second-order valence-corrected chi connectivity index (χ2v) is 11.1. The molecule has 38 heavy (non-hydrogen) atoms. The molecule has 2 heterocycles. The fraction of sp³-hybridized carbons (Fsp3) is 0.480. The van der Waals surface area contributed by atoms with Crippen molar-refractivity contribution in [1.82, 2.24) is 4.90 Å². The SMILES string of the molecule is CC(OP(=O)([O-])[O-])N1C(=O)CCc2ccc(OCCCCN3CCN(c4cccc(Cl)c4Cl)CC3)cc21.[Ca+2]. The molecule has 0 bridgehead atoms. The normalized spacial score (nSPS) is 17.1. The Kier molecular flexibility index (Phi) is 12.1. The van der Waals surface area contributed by atoms with Gasteiger partial charge in [-0.25, -0.2) is 0 Å². The fourth-order valence-electron chi connectivity index (χ4n) is 4.77. The van der Waals surface area contributed by atoms with Crippen molar-refractivity contribution < 1.29 is 28.4 Å². The number of phosphoric ester groups is 1. The van der Waals surface area contributed by atoms with Crippen molar-refractivity contribution in [2.45, 2.75) is 38.8 Å². The number of piperazine rings is 1. The maximum absolute atomic E-state index is 12.5. The van der Waals surface area contributed by atoms with Gasteiger partial charge in [0.05, 0.1) is 35.8 Å². The molecule has 2 aromatic rings. The monoisotopic (exact) mass is 609 g/mol. The minimum absolute atomic E-state index is 0. The third kappa shape index (κ3) is 8.46. The maximum Gasteiger partial charge on any atom is 2.00 e. The topological polar surface area (TPSA) is 108 Å².